The van der Waals surface area contributed by atoms with E-state index < -0.39 is 0 Å². The summed E-state index contributed by atoms with van der Waals surface area (Å²) in [6.07, 6.45) is 13.6. The summed E-state index contributed by atoms with van der Waals surface area (Å²) in [6.45, 7) is 2.59. The van der Waals surface area contributed by atoms with Gasteiger partial charge in [0, 0.05) is 25.2 Å². The molecule has 2 fully saturated rings. The van der Waals surface area contributed by atoms with Crippen LogP contribution in [0, 0.1) is 17.8 Å². The zero-order valence-corrected chi connectivity index (χ0v) is 12.7. The number of hydrogen-bond donors (Lipinski definition) is 0. The molecule has 3 aliphatic rings. The van der Waals surface area contributed by atoms with Gasteiger partial charge in [0.1, 0.15) is 0 Å². The number of rotatable bonds is 3. The van der Waals surface area contributed by atoms with Crippen molar-refractivity contribution in [1.82, 2.24) is 4.90 Å². The van der Waals surface area contributed by atoms with E-state index in [0.717, 1.165) is 24.2 Å². The van der Waals surface area contributed by atoms with Gasteiger partial charge >= 0.3 is 0 Å². The Morgan fingerprint density at radius 1 is 1.00 bits per heavy atom. The number of benzene rings is 1. The fourth-order valence-electron chi connectivity index (χ4n) is 4.67. The molecule has 1 unspecified atom stereocenters. The lowest BCUT2D eigenvalue weighted by molar-refractivity contribution is 0.0403. The van der Waals surface area contributed by atoms with Crippen molar-refractivity contribution in [1.29, 1.82) is 0 Å². The van der Waals surface area contributed by atoms with Crippen molar-refractivity contribution in [3.63, 3.8) is 0 Å². The van der Waals surface area contributed by atoms with Gasteiger partial charge in [-0.1, -0.05) is 48.9 Å². The Morgan fingerprint density at radius 2 is 1.76 bits per heavy atom. The van der Waals surface area contributed by atoms with Gasteiger partial charge < -0.3 is 4.90 Å². The highest BCUT2D eigenvalue weighted by molar-refractivity contribution is 5.23. The average molecular weight is 279 g/mol. The Labute approximate surface area is 128 Å². The third-order valence-corrected chi connectivity index (χ3v) is 5.74. The molecule has 4 rings (SSSR count). The molecule has 1 saturated heterocycles. The zero-order valence-electron chi connectivity index (χ0n) is 12.7. The van der Waals surface area contributed by atoms with Crippen molar-refractivity contribution in [3.05, 3.63) is 59.8 Å². The fraction of sp³-hybridized carbons (Fsp3) is 0.500. The Morgan fingerprint density at radius 3 is 2.43 bits per heavy atom. The SMILES string of the molecule is C1=CCC(N2C[C@H]3CCC[C@@H](C2)C3Cc2ccccc2)=C1. The van der Waals surface area contributed by atoms with Crippen molar-refractivity contribution in [2.45, 2.75) is 32.1 Å². The third kappa shape index (κ3) is 2.66. The van der Waals surface area contributed by atoms with Crippen molar-refractivity contribution >= 4 is 0 Å². The van der Waals surface area contributed by atoms with Crippen LogP contribution in [0.25, 0.3) is 0 Å². The topological polar surface area (TPSA) is 3.24 Å². The molecule has 0 radical (unpaired) electrons. The summed E-state index contributed by atoms with van der Waals surface area (Å²) < 4.78 is 0. The second kappa shape index (κ2) is 5.71. The second-order valence-electron chi connectivity index (χ2n) is 7.00. The molecule has 1 nitrogen and oxygen atoms in total. The lowest BCUT2D eigenvalue weighted by atomic mass is 9.66. The van der Waals surface area contributed by atoms with Crippen LogP contribution in [0.5, 0.6) is 0 Å². The minimum atomic E-state index is 0.902. The van der Waals surface area contributed by atoms with Crippen molar-refractivity contribution in [2.75, 3.05) is 13.1 Å². The molecule has 0 amide bonds. The van der Waals surface area contributed by atoms with E-state index in [9.17, 15) is 0 Å². The molecule has 2 bridgehead atoms. The lowest BCUT2D eigenvalue weighted by Crippen LogP contribution is -2.48. The molecule has 110 valence electrons. The van der Waals surface area contributed by atoms with E-state index in [-0.39, 0.29) is 0 Å². The van der Waals surface area contributed by atoms with Gasteiger partial charge in [0.2, 0.25) is 0 Å². The van der Waals surface area contributed by atoms with E-state index in [2.05, 4.69) is 53.5 Å². The fourth-order valence-corrected chi connectivity index (χ4v) is 4.67. The molecule has 1 aliphatic heterocycles. The third-order valence-electron chi connectivity index (χ3n) is 5.74. The van der Waals surface area contributed by atoms with Crippen molar-refractivity contribution in [2.24, 2.45) is 17.8 Å². The average Bonchev–Trinajstić information content (AvgIpc) is 3.02. The monoisotopic (exact) mass is 279 g/mol. The molecule has 2 aliphatic carbocycles. The van der Waals surface area contributed by atoms with E-state index in [1.54, 1.807) is 5.70 Å². The highest BCUT2D eigenvalue weighted by Crippen LogP contribution is 2.42. The van der Waals surface area contributed by atoms with Gasteiger partial charge in [-0.3, -0.25) is 0 Å². The number of nitrogens with zero attached hydrogens (tertiary/aromatic N) is 1. The molecule has 0 spiro atoms. The van der Waals surface area contributed by atoms with Crippen LogP contribution in [0.2, 0.25) is 0 Å². The Hall–Kier alpha value is -1.50. The van der Waals surface area contributed by atoms with Gasteiger partial charge in [-0.15, -0.1) is 0 Å². The van der Waals surface area contributed by atoms with Gasteiger partial charge in [0.15, 0.2) is 0 Å². The van der Waals surface area contributed by atoms with Gasteiger partial charge in [0.05, 0.1) is 0 Å². The van der Waals surface area contributed by atoms with E-state index in [1.807, 2.05) is 0 Å². The molecule has 1 heteroatoms. The molecule has 3 atom stereocenters. The van der Waals surface area contributed by atoms with Crippen LogP contribution < -0.4 is 0 Å². The molecule has 0 aromatic heterocycles. The van der Waals surface area contributed by atoms with Gasteiger partial charge in [-0.2, -0.15) is 0 Å². The minimum absolute atomic E-state index is 0.902. The maximum atomic E-state index is 2.69. The summed E-state index contributed by atoms with van der Waals surface area (Å²) in [5.74, 6) is 2.71. The largest absolute Gasteiger partial charge is 0.374 e. The predicted octanol–water partition coefficient (Wildman–Crippen LogP) is 4.42. The first-order valence-corrected chi connectivity index (χ1v) is 8.55. The van der Waals surface area contributed by atoms with Gasteiger partial charge in [0.25, 0.3) is 0 Å². The summed E-state index contributed by atoms with van der Waals surface area (Å²) in [7, 11) is 0. The van der Waals surface area contributed by atoms with Crippen LogP contribution in [-0.4, -0.2) is 18.0 Å². The minimum Gasteiger partial charge on any atom is -0.374 e. The molecule has 21 heavy (non-hydrogen) atoms. The summed E-state index contributed by atoms with van der Waals surface area (Å²) >= 11 is 0. The predicted molar refractivity (Wildman–Crippen MR) is 87.9 cm³/mol. The van der Waals surface area contributed by atoms with Crippen molar-refractivity contribution < 1.29 is 0 Å². The van der Waals surface area contributed by atoms with Gasteiger partial charge in [-0.25, -0.2) is 0 Å². The summed E-state index contributed by atoms with van der Waals surface area (Å²) in [5, 5.41) is 0. The maximum Gasteiger partial charge on any atom is 0.0206 e. The highest BCUT2D eigenvalue weighted by Gasteiger charge is 2.39. The molecule has 1 aromatic rings. The number of piperidine rings is 1. The first kappa shape index (κ1) is 13.2. The smallest absolute Gasteiger partial charge is 0.0206 e. The number of allylic oxidation sites excluding steroid dienone is 3. The lowest BCUT2D eigenvalue weighted by Gasteiger charge is -2.49. The zero-order chi connectivity index (χ0) is 14.1. The van der Waals surface area contributed by atoms with Gasteiger partial charge in [-0.05, 0) is 48.7 Å². The summed E-state index contributed by atoms with van der Waals surface area (Å²) in [5.41, 5.74) is 3.10. The molecule has 1 saturated carbocycles. The summed E-state index contributed by atoms with van der Waals surface area (Å²) in [6, 6.07) is 11.1. The first-order chi connectivity index (χ1) is 10.4. The molecule has 1 heterocycles. The Kier molecular flexibility index (Phi) is 3.58. The van der Waals surface area contributed by atoms with E-state index in [1.165, 1.54) is 44.3 Å². The molecule has 0 N–H and O–H groups in total. The van der Waals surface area contributed by atoms with Crippen LogP contribution in [0.4, 0.5) is 0 Å². The first-order valence-electron chi connectivity index (χ1n) is 8.55. The Bertz CT molecular complexity index is 528. The van der Waals surface area contributed by atoms with E-state index in [4.69, 9.17) is 0 Å². The number of likely N-dealkylation sites (tertiary alicyclic amines) is 1. The molecular formula is C20H25N. The van der Waals surface area contributed by atoms with E-state index in [0.29, 0.717) is 0 Å². The van der Waals surface area contributed by atoms with Crippen LogP contribution in [0.1, 0.15) is 31.2 Å². The summed E-state index contributed by atoms with van der Waals surface area (Å²) in [4.78, 5) is 2.69. The number of hydrogen-bond acceptors (Lipinski definition) is 1. The second-order valence-corrected chi connectivity index (χ2v) is 7.00. The number of fused-ring (bicyclic) bond motifs is 2. The normalized spacial score (nSPS) is 31.3. The van der Waals surface area contributed by atoms with E-state index >= 15 is 0 Å². The molecular weight excluding hydrogens is 254 g/mol. The van der Waals surface area contributed by atoms with Crippen LogP contribution in [0.15, 0.2) is 54.3 Å². The van der Waals surface area contributed by atoms with Crippen LogP contribution >= 0.6 is 0 Å². The Balaban J connectivity index is 1.49. The van der Waals surface area contributed by atoms with Crippen LogP contribution in [0.3, 0.4) is 0 Å². The van der Waals surface area contributed by atoms with Crippen molar-refractivity contribution in [3.8, 4) is 0 Å². The quantitative estimate of drug-likeness (QED) is 0.791. The molecule has 1 aromatic carbocycles. The van der Waals surface area contributed by atoms with Crippen LogP contribution in [-0.2, 0) is 6.42 Å². The standard InChI is InChI=1S/C20H25N/c1-2-7-16(8-3-1)13-20-17-9-6-10-18(20)15-21(14-17)19-11-4-5-12-19/h1-5,7-8,11,17-18,20H,6,9-10,12-15H2/t17-,18+,20?. The highest BCUT2D eigenvalue weighted by atomic mass is 15.2. The maximum absolute atomic E-state index is 2.69.